The van der Waals surface area contributed by atoms with Gasteiger partial charge in [0.15, 0.2) is 5.13 Å². The van der Waals surface area contributed by atoms with Crippen molar-refractivity contribution in [3.05, 3.63) is 35.4 Å². The lowest BCUT2D eigenvalue weighted by Crippen LogP contribution is -1.99. The van der Waals surface area contributed by atoms with Crippen molar-refractivity contribution in [3.63, 3.8) is 0 Å². The Morgan fingerprint density at radius 1 is 1.32 bits per heavy atom. The Morgan fingerprint density at radius 3 is 2.95 bits per heavy atom. The molecule has 19 heavy (non-hydrogen) atoms. The van der Waals surface area contributed by atoms with Crippen LogP contribution in [0.1, 0.15) is 17.9 Å². The molecule has 5 nitrogen and oxygen atoms in total. The summed E-state index contributed by atoms with van der Waals surface area (Å²) in [5.41, 5.74) is 8.78. The van der Waals surface area contributed by atoms with Gasteiger partial charge in [0.05, 0.1) is 22.9 Å². The van der Waals surface area contributed by atoms with E-state index >= 15 is 0 Å². The molecule has 0 aromatic carbocycles. The monoisotopic (exact) mass is 273 g/mol. The topological polar surface area (TPSA) is 69.6 Å². The number of hydrogen-bond acceptors (Lipinski definition) is 5. The largest absolute Gasteiger partial charge is 0.375 e. The molecule has 0 spiro atoms. The number of fused-ring (bicyclic) bond motifs is 1. The van der Waals surface area contributed by atoms with Crippen molar-refractivity contribution >= 4 is 27.5 Å². The van der Waals surface area contributed by atoms with Crippen molar-refractivity contribution in [2.24, 2.45) is 7.05 Å². The fraction of sp³-hybridized carbons (Fsp3) is 0.308. The maximum absolute atomic E-state index is 5.62. The Morgan fingerprint density at radius 2 is 2.21 bits per heavy atom. The molecular formula is C13H15N5S. The summed E-state index contributed by atoms with van der Waals surface area (Å²) >= 11 is 1.50. The fourth-order valence-electron chi connectivity index (χ4n) is 2.17. The standard InChI is InChI=1S/C13H15N5S/c1-18-11-7-15-6-5-10(11)17-12(18)4-2-3-9-8-19-13(14)16-9/h5-8H,2-4H2,1H3,(H2,14,16). The molecule has 0 fully saturated rings. The van der Waals surface area contributed by atoms with Crippen LogP contribution < -0.4 is 5.73 Å². The third-order valence-corrected chi connectivity index (χ3v) is 3.90. The van der Waals surface area contributed by atoms with Crippen LogP contribution in [0.15, 0.2) is 23.8 Å². The van der Waals surface area contributed by atoms with E-state index in [-0.39, 0.29) is 0 Å². The lowest BCUT2D eigenvalue weighted by molar-refractivity contribution is 0.726. The zero-order valence-corrected chi connectivity index (χ0v) is 11.5. The molecule has 0 saturated heterocycles. The van der Waals surface area contributed by atoms with Crippen molar-refractivity contribution in [2.45, 2.75) is 19.3 Å². The van der Waals surface area contributed by atoms with Crippen LogP contribution in [0.2, 0.25) is 0 Å². The summed E-state index contributed by atoms with van der Waals surface area (Å²) in [7, 11) is 2.03. The number of aryl methyl sites for hydroxylation is 3. The number of pyridine rings is 1. The van der Waals surface area contributed by atoms with E-state index in [0.29, 0.717) is 5.13 Å². The lowest BCUT2D eigenvalue weighted by atomic mass is 10.2. The third-order valence-electron chi connectivity index (χ3n) is 3.18. The van der Waals surface area contributed by atoms with Gasteiger partial charge in [-0.3, -0.25) is 4.98 Å². The van der Waals surface area contributed by atoms with Crippen LogP contribution in [-0.2, 0) is 19.9 Å². The predicted molar refractivity (Wildman–Crippen MR) is 77.1 cm³/mol. The van der Waals surface area contributed by atoms with E-state index in [9.17, 15) is 0 Å². The lowest BCUT2D eigenvalue weighted by Gasteiger charge is -2.01. The second-order valence-corrected chi connectivity index (χ2v) is 5.37. The van der Waals surface area contributed by atoms with E-state index in [1.54, 1.807) is 6.20 Å². The van der Waals surface area contributed by atoms with Gasteiger partial charge in [-0.1, -0.05) is 0 Å². The molecule has 0 radical (unpaired) electrons. The zero-order chi connectivity index (χ0) is 13.2. The van der Waals surface area contributed by atoms with E-state index in [4.69, 9.17) is 5.73 Å². The summed E-state index contributed by atoms with van der Waals surface area (Å²) in [6.07, 6.45) is 6.52. The molecule has 0 amide bonds. The summed E-state index contributed by atoms with van der Waals surface area (Å²) < 4.78 is 2.11. The first-order chi connectivity index (χ1) is 9.24. The van der Waals surface area contributed by atoms with Gasteiger partial charge in [-0.2, -0.15) is 0 Å². The molecule has 3 rings (SSSR count). The number of nitrogen functional groups attached to an aromatic ring is 1. The second-order valence-electron chi connectivity index (χ2n) is 4.48. The molecule has 6 heteroatoms. The quantitative estimate of drug-likeness (QED) is 0.791. The number of nitrogens with zero attached hydrogens (tertiary/aromatic N) is 4. The van der Waals surface area contributed by atoms with Crippen molar-refractivity contribution in [2.75, 3.05) is 5.73 Å². The molecule has 0 aliphatic heterocycles. The number of nitrogens with two attached hydrogens (primary N) is 1. The Balaban J connectivity index is 1.70. The Hall–Kier alpha value is -1.95. The van der Waals surface area contributed by atoms with Crippen LogP contribution in [-0.4, -0.2) is 19.5 Å². The highest BCUT2D eigenvalue weighted by molar-refractivity contribution is 7.13. The molecule has 0 aliphatic rings. The van der Waals surface area contributed by atoms with Gasteiger partial charge in [-0.25, -0.2) is 9.97 Å². The van der Waals surface area contributed by atoms with Gasteiger partial charge in [-0.05, 0) is 18.9 Å². The SMILES string of the molecule is Cn1c(CCCc2csc(N)n2)nc2ccncc21. The summed E-state index contributed by atoms with van der Waals surface area (Å²) in [6.45, 7) is 0. The normalized spacial score (nSPS) is 11.2. The number of anilines is 1. The van der Waals surface area contributed by atoms with Gasteiger partial charge < -0.3 is 10.3 Å². The first kappa shape index (κ1) is 12.1. The van der Waals surface area contributed by atoms with E-state index in [1.165, 1.54) is 11.3 Å². The predicted octanol–water partition coefficient (Wildman–Crippen LogP) is 2.18. The average Bonchev–Trinajstić information content (AvgIpc) is 2.96. The van der Waals surface area contributed by atoms with Gasteiger partial charge in [-0.15, -0.1) is 11.3 Å². The minimum atomic E-state index is 0.642. The summed E-state index contributed by atoms with van der Waals surface area (Å²) in [4.78, 5) is 13.0. The highest BCUT2D eigenvalue weighted by Gasteiger charge is 2.07. The summed E-state index contributed by atoms with van der Waals surface area (Å²) in [5.74, 6) is 1.09. The molecule has 3 heterocycles. The smallest absolute Gasteiger partial charge is 0.180 e. The van der Waals surface area contributed by atoms with Crippen molar-refractivity contribution in [3.8, 4) is 0 Å². The molecule has 0 bridgehead atoms. The first-order valence-corrected chi connectivity index (χ1v) is 7.07. The second kappa shape index (κ2) is 4.97. The van der Waals surface area contributed by atoms with Crippen LogP contribution >= 0.6 is 11.3 Å². The molecule has 0 aliphatic carbocycles. The molecule has 3 aromatic heterocycles. The maximum Gasteiger partial charge on any atom is 0.180 e. The van der Waals surface area contributed by atoms with Gasteiger partial charge in [0, 0.05) is 25.0 Å². The Kier molecular flexibility index (Phi) is 3.16. The highest BCUT2D eigenvalue weighted by Crippen LogP contribution is 2.16. The van der Waals surface area contributed by atoms with Crippen molar-refractivity contribution in [1.29, 1.82) is 0 Å². The number of hydrogen-bond donors (Lipinski definition) is 1. The van der Waals surface area contributed by atoms with Gasteiger partial charge in [0.2, 0.25) is 0 Å². The number of rotatable bonds is 4. The number of thiazole rings is 1. The van der Waals surface area contributed by atoms with E-state index < -0.39 is 0 Å². The Labute approximate surface area is 115 Å². The zero-order valence-electron chi connectivity index (χ0n) is 10.7. The van der Waals surface area contributed by atoms with Crippen LogP contribution in [0.5, 0.6) is 0 Å². The minimum absolute atomic E-state index is 0.642. The highest BCUT2D eigenvalue weighted by atomic mass is 32.1. The van der Waals surface area contributed by atoms with Crippen LogP contribution in [0.3, 0.4) is 0 Å². The average molecular weight is 273 g/mol. The minimum Gasteiger partial charge on any atom is -0.375 e. The van der Waals surface area contributed by atoms with Crippen molar-refractivity contribution < 1.29 is 0 Å². The summed E-state index contributed by atoms with van der Waals surface area (Å²) in [6, 6.07) is 1.94. The molecule has 98 valence electrons. The van der Waals surface area contributed by atoms with E-state index in [0.717, 1.165) is 41.8 Å². The Bertz CT molecular complexity index is 700. The van der Waals surface area contributed by atoms with Crippen LogP contribution in [0, 0.1) is 0 Å². The molecule has 0 unspecified atom stereocenters. The summed E-state index contributed by atoms with van der Waals surface area (Å²) in [5, 5.41) is 2.66. The molecule has 0 saturated carbocycles. The number of aromatic nitrogens is 4. The molecular weight excluding hydrogens is 258 g/mol. The maximum atomic E-state index is 5.62. The first-order valence-electron chi connectivity index (χ1n) is 6.19. The van der Waals surface area contributed by atoms with Crippen LogP contribution in [0.4, 0.5) is 5.13 Å². The number of imidazole rings is 1. The fourth-order valence-corrected chi connectivity index (χ4v) is 2.77. The van der Waals surface area contributed by atoms with Gasteiger partial charge >= 0.3 is 0 Å². The molecule has 0 atom stereocenters. The van der Waals surface area contributed by atoms with E-state index in [2.05, 4.69) is 19.5 Å². The third kappa shape index (κ3) is 2.44. The van der Waals surface area contributed by atoms with E-state index in [1.807, 2.05) is 24.7 Å². The van der Waals surface area contributed by atoms with Gasteiger partial charge in [0.1, 0.15) is 5.82 Å². The van der Waals surface area contributed by atoms with Crippen molar-refractivity contribution in [1.82, 2.24) is 19.5 Å². The van der Waals surface area contributed by atoms with Gasteiger partial charge in [0.25, 0.3) is 0 Å². The molecule has 3 aromatic rings. The van der Waals surface area contributed by atoms with Crippen LogP contribution in [0.25, 0.3) is 11.0 Å². The molecule has 2 N–H and O–H groups in total.